The Morgan fingerprint density at radius 1 is 1.43 bits per heavy atom. The molecule has 3 rings (SSSR count). The molecule has 2 atom stereocenters. The quantitative estimate of drug-likeness (QED) is 0.944. The maximum Gasteiger partial charge on any atom is 0.318 e. The van der Waals surface area contributed by atoms with Gasteiger partial charge in [0.15, 0.2) is 0 Å². The number of carbonyl (C=O) groups excluding carboxylic acids is 1. The molecule has 1 fully saturated rings. The number of nitrogens with zero attached hydrogens (tertiary/aromatic N) is 3. The Kier molecular flexibility index (Phi) is 4.69. The van der Waals surface area contributed by atoms with Crippen molar-refractivity contribution >= 4 is 6.03 Å². The number of rotatable bonds is 3. The van der Waals surface area contributed by atoms with Crippen molar-refractivity contribution in [2.75, 3.05) is 6.54 Å². The molecule has 1 aliphatic heterocycles. The number of carbonyl (C=O) groups is 1. The zero-order valence-electron chi connectivity index (χ0n) is 13.7. The number of amides is 2. The van der Waals surface area contributed by atoms with Gasteiger partial charge in [-0.05, 0) is 31.9 Å². The molecule has 0 bridgehead atoms. The Bertz CT molecular complexity index is 635. The highest BCUT2D eigenvalue weighted by atomic mass is 16.3. The number of aromatic nitrogens is 2. The lowest BCUT2D eigenvalue weighted by atomic mass is 10.1. The highest BCUT2D eigenvalue weighted by Crippen LogP contribution is 2.30. The summed E-state index contributed by atoms with van der Waals surface area (Å²) in [6.45, 7) is 2.74. The number of likely N-dealkylation sites (tertiary alicyclic amines) is 1. The molecule has 0 saturated carbocycles. The third kappa shape index (κ3) is 3.57. The van der Waals surface area contributed by atoms with Gasteiger partial charge in [0.25, 0.3) is 0 Å². The lowest BCUT2D eigenvalue weighted by Crippen LogP contribution is -2.43. The molecule has 2 amide bonds. The van der Waals surface area contributed by atoms with Gasteiger partial charge in [-0.1, -0.05) is 12.8 Å². The fourth-order valence-corrected chi connectivity index (χ4v) is 3.14. The molecule has 1 N–H and O–H groups in total. The monoisotopic (exact) mass is 316 g/mol. The molecular formula is C17H24N4O2. The van der Waals surface area contributed by atoms with E-state index in [0.717, 1.165) is 43.6 Å². The van der Waals surface area contributed by atoms with Gasteiger partial charge in [-0.2, -0.15) is 5.10 Å². The number of aryl methyl sites for hydroxylation is 1. The molecule has 2 aromatic rings. The van der Waals surface area contributed by atoms with Gasteiger partial charge < -0.3 is 14.6 Å². The topological polar surface area (TPSA) is 63.3 Å². The summed E-state index contributed by atoms with van der Waals surface area (Å²) < 4.78 is 7.31. The molecule has 0 aromatic carbocycles. The predicted molar refractivity (Wildman–Crippen MR) is 86.8 cm³/mol. The first-order valence-corrected chi connectivity index (χ1v) is 8.24. The van der Waals surface area contributed by atoms with Gasteiger partial charge >= 0.3 is 6.03 Å². The van der Waals surface area contributed by atoms with E-state index in [2.05, 4.69) is 10.4 Å². The first-order chi connectivity index (χ1) is 11.1. The maximum absolute atomic E-state index is 12.8. The molecule has 1 aliphatic rings. The Morgan fingerprint density at radius 3 is 3.00 bits per heavy atom. The van der Waals surface area contributed by atoms with E-state index < -0.39 is 0 Å². The summed E-state index contributed by atoms with van der Waals surface area (Å²) in [7, 11) is 1.87. The predicted octanol–water partition coefficient (Wildman–Crippen LogP) is 3.40. The van der Waals surface area contributed by atoms with Crippen molar-refractivity contribution in [3.05, 3.63) is 42.1 Å². The van der Waals surface area contributed by atoms with E-state index in [9.17, 15) is 4.79 Å². The van der Waals surface area contributed by atoms with Gasteiger partial charge in [-0.25, -0.2) is 4.79 Å². The largest absolute Gasteiger partial charge is 0.467 e. The number of nitrogens with one attached hydrogen (secondary N) is 1. The van der Waals surface area contributed by atoms with Crippen LogP contribution in [0.5, 0.6) is 0 Å². The Hall–Kier alpha value is -2.24. The molecule has 6 heteroatoms. The minimum absolute atomic E-state index is 0.0219. The Morgan fingerprint density at radius 2 is 2.30 bits per heavy atom. The summed E-state index contributed by atoms with van der Waals surface area (Å²) in [5.41, 5.74) is 1.00. The van der Waals surface area contributed by atoms with Gasteiger partial charge in [0, 0.05) is 25.4 Å². The van der Waals surface area contributed by atoms with Gasteiger partial charge in [-0.15, -0.1) is 0 Å². The summed E-state index contributed by atoms with van der Waals surface area (Å²) in [5, 5.41) is 7.26. The second-order valence-corrected chi connectivity index (χ2v) is 6.19. The van der Waals surface area contributed by atoms with E-state index >= 15 is 0 Å². The minimum Gasteiger partial charge on any atom is -0.467 e. The van der Waals surface area contributed by atoms with Crippen molar-refractivity contribution in [1.29, 1.82) is 0 Å². The lowest BCUT2D eigenvalue weighted by Gasteiger charge is -2.30. The van der Waals surface area contributed by atoms with Crippen LogP contribution in [0.25, 0.3) is 0 Å². The second-order valence-electron chi connectivity index (χ2n) is 6.19. The number of hydrogen-bond acceptors (Lipinski definition) is 3. The molecule has 2 aromatic heterocycles. The highest BCUT2D eigenvalue weighted by molar-refractivity contribution is 5.75. The smallest absolute Gasteiger partial charge is 0.318 e. The molecule has 1 saturated heterocycles. The number of urea groups is 1. The van der Waals surface area contributed by atoms with E-state index in [4.69, 9.17) is 4.42 Å². The molecule has 23 heavy (non-hydrogen) atoms. The zero-order valence-corrected chi connectivity index (χ0v) is 13.7. The molecule has 3 heterocycles. The van der Waals surface area contributed by atoms with Gasteiger partial charge in [-0.3, -0.25) is 4.68 Å². The normalized spacial score (nSPS) is 20.1. The summed E-state index contributed by atoms with van der Waals surface area (Å²) in [6, 6.07) is 3.75. The van der Waals surface area contributed by atoms with Crippen molar-refractivity contribution in [3.8, 4) is 0 Å². The SMILES string of the molecule is C[C@@H](NC(=O)N1CCCCC[C@@H]1c1ccco1)c1cnn(C)c1. The van der Waals surface area contributed by atoms with Crippen LogP contribution >= 0.6 is 0 Å². The van der Waals surface area contributed by atoms with Gasteiger partial charge in [0.05, 0.1) is 24.5 Å². The van der Waals surface area contributed by atoms with E-state index in [1.807, 2.05) is 37.2 Å². The van der Waals surface area contributed by atoms with Crippen LogP contribution in [0.1, 0.15) is 56.0 Å². The highest BCUT2D eigenvalue weighted by Gasteiger charge is 2.29. The first-order valence-electron chi connectivity index (χ1n) is 8.24. The minimum atomic E-state index is -0.0725. The summed E-state index contributed by atoms with van der Waals surface area (Å²) in [4.78, 5) is 14.7. The fourth-order valence-electron chi connectivity index (χ4n) is 3.14. The summed E-state index contributed by atoms with van der Waals surface area (Å²) >= 11 is 0. The van der Waals surface area contributed by atoms with Crippen molar-refractivity contribution in [2.45, 2.75) is 44.7 Å². The molecule has 0 aliphatic carbocycles. The van der Waals surface area contributed by atoms with Crippen molar-refractivity contribution in [2.24, 2.45) is 7.05 Å². The van der Waals surface area contributed by atoms with Crippen LogP contribution in [0.4, 0.5) is 4.79 Å². The van der Waals surface area contributed by atoms with E-state index in [-0.39, 0.29) is 18.1 Å². The van der Waals surface area contributed by atoms with Crippen molar-refractivity contribution in [3.63, 3.8) is 0 Å². The third-order valence-electron chi connectivity index (χ3n) is 4.45. The summed E-state index contributed by atoms with van der Waals surface area (Å²) in [5.74, 6) is 0.871. The average Bonchev–Trinajstić information content (AvgIpc) is 3.14. The van der Waals surface area contributed by atoms with Crippen LogP contribution in [0.15, 0.2) is 35.2 Å². The number of furan rings is 1. The van der Waals surface area contributed by atoms with Crippen LogP contribution in [0.2, 0.25) is 0 Å². The molecule has 0 radical (unpaired) electrons. The van der Waals surface area contributed by atoms with E-state index in [1.165, 1.54) is 0 Å². The van der Waals surface area contributed by atoms with Crippen LogP contribution < -0.4 is 5.32 Å². The van der Waals surface area contributed by atoms with Crippen LogP contribution in [-0.2, 0) is 7.05 Å². The van der Waals surface area contributed by atoms with Crippen molar-refractivity contribution in [1.82, 2.24) is 20.0 Å². The second kappa shape index (κ2) is 6.89. The molecule has 6 nitrogen and oxygen atoms in total. The van der Waals surface area contributed by atoms with Crippen LogP contribution in [0, 0.1) is 0 Å². The molecule has 124 valence electrons. The standard InChI is InChI=1S/C17H24N4O2/c1-13(14-11-18-20(2)12-14)19-17(22)21-9-5-3-4-7-15(21)16-8-6-10-23-16/h6,8,10-13,15H,3-5,7,9H2,1-2H3,(H,19,22)/t13-,15-/m1/s1. The van der Waals surface area contributed by atoms with Gasteiger partial charge in [0.1, 0.15) is 5.76 Å². The van der Waals surface area contributed by atoms with Crippen LogP contribution in [-0.4, -0.2) is 27.3 Å². The Balaban J connectivity index is 1.72. The fraction of sp³-hybridized carbons (Fsp3) is 0.529. The first kappa shape index (κ1) is 15.6. The number of hydrogen-bond donors (Lipinski definition) is 1. The molecule has 0 unspecified atom stereocenters. The lowest BCUT2D eigenvalue weighted by molar-refractivity contribution is 0.163. The van der Waals surface area contributed by atoms with Gasteiger partial charge in [0.2, 0.25) is 0 Å². The Labute approximate surface area is 136 Å². The van der Waals surface area contributed by atoms with E-state index in [0.29, 0.717) is 0 Å². The molecular weight excluding hydrogens is 292 g/mol. The van der Waals surface area contributed by atoms with E-state index in [1.54, 1.807) is 17.1 Å². The summed E-state index contributed by atoms with van der Waals surface area (Å²) in [6.07, 6.45) is 9.64. The zero-order chi connectivity index (χ0) is 16.2. The van der Waals surface area contributed by atoms with Crippen molar-refractivity contribution < 1.29 is 9.21 Å². The maximum atomic E-state index is 12.8. The third-order valence-corrected chi connectivity index (χ3v) is 4.45. The molecule has 0 spiro atoms. The van der Waals surface area contributed by atoms with Crippen LogP contribution in [0.3, 0.4) is 0 Å². The average molecular weight is 316 g/mol.